The molecule has 1 aliphatic heterocycles. The Morgan fingerprint density at radius 1 is 0.765 bits per heavy atom. The van der Waals surface area contributed by atoms with Crippen molar-refractivity contribution in [3.05, 3.63) is 0 Å². The molecule has 5 aliphatic carbocycles. The van der Waals surface area contributed by atoms with Crippen LogP contribution in [0.5, 0.6) is 0 Å². The third-order valence-electron chi connectivity index (χ3n) is 13.8. The molecule has 0 nitrogen and oxygen atoms in total. The molecule has 0 bridgehead atoms. The summed E-state index contributed by atoms with van der Waals surface area (Å²) in [5, 5.41) is 3.25. The van der Waals surface area contributed by atoms with Crippen molar-refractivity contribution in [2.45, 2.75) is 142 Å². The van der Waals surface area contributed by atoms with Crippen LogP contribution in [0.2, 0.25) is 10.6 Å². The van der Waals surface area contributed by atoms with Gasteiger partial charge in [-0.2, -0.15) is 0 Å². The number of rotatable bonds is 5. The van der Waals surface area contributed by atoms with E-state index in [2.05, 4.69) is 34.6 Å². The molecular weight excluding hydrogens is 475 g/mol. The van der Waals surface area contributed by atoms with Gasteiger partial charge in [0.05, 0.1) is 0 Å². The van der Waals surface area contributed by atoms with Gasteiger partial charge in [-0.25, -0.2) is 0 Å². The zero-order valence-electron chi connectivity index (χ0n) is 23.5. The minimum absolute atomic E-state index is 0.669. The first kappa shape index (κ1) is 24.8. The summed E-state index contributed by atoms with van der Waals surface area (Å²) in [6.45, 7) is 13.0. The molecule has 6 aliphatic rings. The normalized spacial score (nSPS) is 52.9. The van der Waals surface area contributed by atoms with Crippen molar-refractivity contribution >= 4 is 15.0 Å². The second-order valence-electron chi connectivity index (χ2n) is 16.0. The fraction of sp³-hybridized carbons (Fsp3) is 1.00. The van der Waals surface area contributed by atoms with Crippen LogP contribution in [0.4, 0.5) is 0 Å². The summed E-state index contributed by atoms with van der Waals surface area (Å²) in [5.41, 5.74) is 3.04. The summed E-state index contributed by atoms with van der Waals surface area (Å²) in [4.78, 5) is 0. The van der Waals surface area contributed by atoms with E-state index in [1.54, 1.807) is 87.7 Å². The topological polar surface area (TPSA) is 0 Å². The van der Waals surface area contributed by atoms with Gasteiger partial charge >= 0.3 is 168 Å². The average Bonchev–Trinajstić information content (AvgIpc) is 3.38. The first-order valence-electron chi connectivity index (χ1n) is 15.8. The number of hydrogen-bond acceptors (Lipinski definition) is 0. The molecule has 1 heteroatoms. The molecular formula is C33H56Se. The van der Waals surface area contributed by atoms with E-state index < -0.39 is 0 Å². The van der Waals surface area contributed by atoms with E-state index in [0.717, 1.165) is 67.2 Å². The fourth-order valence-electron chi connectivity index (χ4n) is 12.2. The Morgan fingerprint density at radius 3 is 2.29 bits per heavy atom. The summed E-state index contributed by atoms with van der Waals surface area (Å²) in [6, 6.07) is 0. The first-order valence-corrected chi connectivity index (χ1v) is 18.2. The van der Waals surface area contributed by atoms with Crippen LogP contribution in [-0.4, -0.2) is 15.0 Å². The molecule has 0 amide bonds. The van der Waals surface area contributed by atoms with Crippen LogP contribution in [0.15, 0.2) is 0 Å². The van der Waals surface area contributed by atoms with Crippen LogP contribution in [0.3, 0.4) is 0 Å². The Kier molecular flexibility index (Phi) is 6.42. The van der Waals surface area contributed by atoms with Crippen molar-refractivity contribution in [1.29, 1.82) is 0 Å². The predicted octanol–water partition coefficient (Wildman–Crippen LogP) is 9.82. The van der Waals surface area contributed by atoms with E-state index in [0.29, 0.717) is 10.8 Å². The molecule has 0 aromatic rings. The van der Waals surface area contributed by atoms with Gasteiger partial charge in [-0.05, 0) is 11.8 Å². The van der Waals surface area contributed by atoms with Gasteiger partial charge in [-0.15, -0.1) is 0 Å². The van der Waals surface area contributed by atoms with Crippen LogP contribution >= 0.6 is 0 Å². The summed E-state index contributed by atoms with van der Waals surface area (Å²) in [7, 11) is 0. The monoisotopic (exact) mass is 532 g/mol. The van der Waals surface area contributed by atoms with Crippen molar-refractivity contribution in [3.8, 4) is 0 Å². The van der Waals surface area contributed by atoms with Crippen LogP contribution in [-0.2, 0) is 0 Å². The second-order valence-corrected chi connectivity index (χ2v) is 18.4. The maximum atomic E-state index is 2.82. The molecule has 0 radical (unpaired) electrons. The molecule has 0 aromatic heterocycles. The van der Waals surface area contributed by atoms with Crippen LogP contribution in [0.1, 0.15) is 131 Å². The van der Waals surface area contributed by atoms with Crippen molar-refractivity contribution in [3.63, 3.8) is 0 Å². The molecule has 1 saturated heterocycles. The molecule has 34 heavy (non-hydrogen) atoms. The van der Waals surface area contributed by atoms with Gasteiger partial charge in [0.25, 0.3) is 0 Å². The van der Waals surface area contributed by atoms with Gasteiger partial charge < -0.3 is 0 Å². The van der Waals surface area contributed by atoms with Crippen molar-refractivity contribution in [1.82, 2.24) is 0 Å². The number of fused-ring (bicyclic) bond motifs is 5. The standard InChI is InChI=1S/C33H56Se/c1-23(2)7-6-8-24(3)27-11-12-28-26-10-9-25-19-32(20-33(21-32)17-18-34-22-33)16-15-30(25,4)29(26)13-14-31(27,28)5/h23-29H,6-22H2,1-5H3/t24-,25+,26+,27-,28+,29+,30+,31-,32?,33?/m1/s1. The Morgan fingerprint density at radius 2 is 1.56 bits per heavy atom. The van der Waals surface area contributed by atoms with Crippen LogP contribution < -0.4 is 0 Å². The molecule has 0 N–H and O–H groups in total. The third kappa shape index (κ3) is 3.86. The predicted molar refractivity (Wildman–Crippen MR) is 147 cm³/mol. The molecule has 0 unspecified atom stereocenters. The SMILES string of the molecule is CC(C)CCC[C@@H](C)[C@H]1CC[C@H]2[C@@H]3CC[C@H]4CC5(CC[C@]4(C)[C@H]3CC[C@]12C)CC1(CC[Se]C1)C5. The van der Waals surface area contributed by atoms with E-state index in [1.807, 2.05) is 0 Å². The molecule has 194 valence electrons. The van der Waals surface area contributed by atoms with Gasteiger partial charge in [0.1, 0.15) is 0 Å². The summed E-state index contributed by atoms with van der Waals surface area (Å²) < 4.78 is 0. The Hall–Kier alpha value is 0.519. The Labute approximate surface area is 219 Å². The van der Waals surface area contributed by atoms with Gasteiger partial charge in [-0.3, -0.25) is 0 Å². The zero-order chi connectivity index (χ0) is 23.8. The van der Waals surface area contributed by atoms with E-state index in [1.165, 1.54) is 19.3 Å². The molecule has 0 aromatic carbocycles. The summed E-state index contributed by atoms with van der Waals surface area (Å²) in [5.74, 6) is 7.13. The van der Waals surface area contributed by atoms with Gasteiger partial charge in [0, 0.05) is 0 Å². The summed E-state index contributed by atoms with van der Waals surface area (Å²) >= 11 is 1.00. The fourth-order valence-corrected chi connectivity index (χ4v) is 15.4. The van der Waals surface area contributed by atoms with Gasteiger partial charge in [0.2, 0.25) is 0 Å². The van der Waals surface area contributed by atoms with E-state index >= 15 is 0 Å². The van der Waals surface area contributed by atoms with E-state index in [4.69, 9.17) is 0 Å². The van der Waals surface area contributed by atoms with Gasteiger partial charge in [0.15, 0.2) is 0 Å². The molecule has 2 spiro atoms. The maximum absolute atomic E-state index is 2.82. The van der Waals surface area contributed by atoms with Crippen LogP contribution in [0.25, 0.3) is 0 Å². The molecule has 8 atom stereocenters. The van der Waals surface area contributed by atoms with Crippen molar-refractivity contribution in [2.24, 2.45) is 63.1 Å². The quantitative estimate of drug-likeness (QED) is 0.310. The summed E-state index contributed by atoms with van der Waals surface area (Å²) in [6.07, 6.45) is 23.6. The number of hydrogen-bond donors (Lipinski definition) is 0. The Balaban J connectivity index is 1.12. The van der Waals surface area contributed by atoms with E-state index in [9.17, 15) is 0 Å². The minimum atomic E-state index is 0.669. The zero-order valence-corrected chi connectivity index (χ0v) is 25.2. The van der Waals surface area contributed by atoms with Gasteiger partial charge in [-0.1, -0.05) is 40.0 Å². The van der Waals surface area contributed by atoms with E-state index in [-0.39, 0.29) is 0 Å². The third-order valence-corrected chi connectivity index (χ3v) is 16.6. The van der Waals surface area contributed by atoms with Crippen molar-refractivity contribution in [2.75, 3.05) is 0 Å². The first-order chi connectivity index (χ1) is 16.2. The van der Waals surface area contributed by atoms with Crippen molar-refractivity contribution < 1.29 is 0 Å². The molecule has 5 saturated carbocycles. The average molecular weight is 532 g/mol. The second kappa shape index (κ2) is 8.79. The molecule has 6 fully saturated rings. The molecule has 1 heterocycles. The van der Waals surface area contributed by atoms with Crippen LogP contribution in [0, 0.1) is 63.1 Å². The Bertz CT molecular complexity index is 740. The molecule has 6 rings (SSSR count).